The number of rotatable bonds is 3. The predicted molar refractivity (Wildman–Crippen MR) is 69.6 cm³/mol. The number of amides is 2. The number of hydrogen-bond donors (Lipinski definition) is 2. The zero-order chi connectivity index (χ0) is 13.2. The van der Waals surface area contributed by atoms with Gasteiger partial charge in [-0.15, -0.1) is 0 Å². The molecule has 0 aliphatic heterocycles. The van der Waals surface area contributed by atoms with Crippen LogP contribution in [0.15, 0.2) is 22.7 Å². The topological polar surface area (TPSA) is 72.2 Å². The van der Waals surface area contributed by atoms with Gasteiger partial charge in [0.05, 0.1) is 5.56 Å². The van der Waals surface area contributed by atoms with E-state index in [-0.39, 0.29) is 5.91 Å². The minimum atomic E-state index is -1.07. The van der Waals surface area contributed by atoms with Crippen molar-refractivity contribution in [3.63, 3.8) is 0 Å². The molecule has 1 aromatic carbocycles. The van der Waals surface area contributed by atoms with E-state index in [4.69, 9.17) is 5.73 Å². The Hall–Kier alpha value is -1.36. The third-order valence-corrected chi connectivity index (χ3v) is 3.53. The molecule has 0 radical (unpaired) electrons. The zero-order valence-electron chi connectivity index (χ0n) is 10.0. The van der Waals surface area contributed by atoms with E-state index >= 15 is 0 Å². The van der Waals surface area contributed by atoms with E-state index in [0.29, 0.717) is 5.56 Å². The maximum absolute atomic E-state index is 12.0. The molecule has 5 heteroatoms. The van der Waals surface area contributed by atoms with Crippen LogP contribution in [0.2, 0.25) is 0 Å². The largest absolute Gasteiger partial charge is 0.368 e. The van der Waals surface area contributed by atoms with E-state index in [0.717, 1.165) is 10.0 Å². The summed E-state index contributed by atoms with van der Waals surface area (Å²) in [5.41, 5.74) is 5.57. The van der Waals surface area contributed by atoms with Gasteiger partial charge in [0, 0.05) is 4.47 Å². The third kappa shape index (κ3) is 3.06. The quantitative estimate of drug-likeness (QED) is 0.892. The normalized spacial score (nSPS) is 11.1. The lowest BCUT2D eigenvalue weighted by molar-refractivity contribution is -0.122. The molecule has 0 atom stereocenters. The molecule has 3 N–H and O–H groups in total. The fraction of sp³-hybridized carbons (Fsp3) is 0.333. The van der Waals surface area contributed by atoms with Gasteiger partial charge in [-0.1, -0.05) is 12.1 Å². The lowest BCUT2D eigenvalue weighted by Crippen LogP contribution is -2.53. The number of benzene rings is 1. The molecule has 17 heavy (non-hydrogen) atoms. The Balaban J connectivity index is 2.99. The Bertz CT molecular complexity index is 470. The minimum Gasteiger partial charge on any atom is -0.368 e. The summed E-state index contributed by atoms with van der Waals surface area (Å²) in [6.45, 7) is 5.02. The van der Waals surface area contributed by atoms with Gasteiger partial charge in [0.25, 0.3) is 5.91 Å². The van der Waals surface area contributed by atoms with Gasteiger partial charge in [-0.3, -0.25) is 9.59 Å². The molecule has 92 valence electrons. The first-order valence-electron chi connectivity index (χ1n) is 5.13. The van der Waals surface area contributed by atoms with Gasteiger partial charge in [-0.2, -0.15) is 0 Å². The molecule has 0 aliphatic carbocycles. The predicted octanol–water partition coefficient (Wildman–Crippen LogP) is 1.75. The summed E-state index contributed by atoms with van der Waals surface area (Å²) in [4.78, 5) is 23.1. The number of primary amides is 1. The van der Waals surface area contributed by atoms with E-state index in [1.54, 1.807) is 26.0 Å². The number of halogens is 1. The Morgan fingerprint density at radius 3 is 2.47 bits per heavy atom. The van der Waals surface area contributed by atoms with Crippen LogP contribution in [0, 0.1) is 6.92 Å². The van der Waals surface area contributed by atoms with Crippen LogP contribution in [0.25, 0.3) is 0 Å². The maximum Gasteiger partial charge on any atom is 0.253 e. The lowest BCUT2D eigenvalue weighted by atomic mass is 10.0. The fourth-order valence-electron chi connectivity index (χ4n) is 1.24. The molecular formula is C12H15BrN2O2. The summed E-state index contributed by atoms with van der Waals surface area (Å²) in [5.74, 6) is -0.904. The number of nitrogens with two attached hydrogens (primary N) is 1. The van der Waals surface area contributed by atoms with Crippen molar-refractivity contribution >= 4 is 27.7 Å². The van der Waals surface area contributed by atoms with Gasteiger partial charge in [0.2, 0.25) is 5.91 Å². The lowest BCUT2D eigenvalue weighted by Gasteiger charge is -2.22. The number of carbonyl (C=O) groups is 2. The van der Waals surface area contributed by atoms with E-state index in [1.807, 2.05) is 13.0 Å². The van der Waals surface area contributed by atoms with Crippen LogP contribution in [0.3, 0.4) is 0 Å². The molecule has 0 heterocycles. The van der Waals surface area contributed by atoms with Crippen molar-refractivity contribution in [2.75, 3.05) is 0 Å². The summed E-state index contributed by atoms with van der Waals surface area (Å²) >= 11 is 3.35. The maximum atomic E-state index is 12.0. The Labute approximate surface area is 109 Å². The van der Waals surface area contributed by atoms with Gasteiger partial charge >= 0.3 is 0 Å². The molecule has 0 bridgehead atoms. The summed E-state index contributed by atoms with van der Waals surface area (Å²) < 4.78 is 0.720. The molecule has 0 saturated heterocycles. The third-order valence-electron chi connectivity index (χ3n) is 2.48. The highest BCUT2D eigenvalue weighted by Crippen LogP contribution is 2.21. The van der Waals surface area contributed by atoms with Crippen molar-refractivity contribution in [2.24, 2.45) is 5.73 Å². The number of nitrogens with one attached hydrogen (secondary N) is 1. The first-order chi connectivity index (χ1) is 7.75. The van der Waals surface area contributed by atoms with Crippen LogP contribution in [-0.4, -0.2) is 17.4 Å². The molecule has 0 fully saturated rings. The Kier molecular flexibility index (Phi) is 3.93. The van der Waals surface area contributed by atoms with E-state index in [1.165, 1.54) is 0 Å². The summed E-state index contributed by atoms with van der Waals surface area (Å²) in [6, 6.07) is 5.36. The average molecular weight is 299 g/mol. The van der Waals surface area contributed by atoms with Gasteiger partial charge < -0.3 is 11.1 Å². The second kappa shape index (κ2) is 4.87. The SMILES string of the molecule is Cc1cccc(C(=O)NC(C)(C)C(N)=O)c1Br. The van der Waals surface area contributed by atoms with Crippen LogP contribution in [0.4, 0.5) is 0 Å². The van der Waals surface area contributed by atoms with Crippen LogP contribution < -0.4 is 11.1 Å². The number of hydrogen-bond acceptors (Lipinski definition) is 2. The molecule has 0 unspecified atom stereocenters. The number of carbonyl (C=O) groups excluding carboxylic acids is 2. The minimum absolute atomic E-state index is 0.329. The highest BCUT2D eigenvalue weighted by Gasteiger charge is 2.27. The van der Waals surface area contributed by atoms with E-state index in [2.05, 4.69) is 21.2 Å². The highest BCUT2D eigenvalue weighted by atomic mass is 79.9. The standard InChI is InChI=1S/C12H15BrN2O2/c1-7-5-4-6-8(9(7)13)10(16)15-12(2,3)11(14)17/h4-6H,1-3H3,(H2,14,17)(H,15,16). The molecule has 4 nitrogen and oxygen atoms in total. The van der Waals surface area contributed by atoms with Crippen LogP contribution in [0.5, 0.6) is 0 Å². The number of aryl methyl sites for hydroxylation is 1. The van der Waals surface area contributed by atoms with Crippen molar-refractivity contribution in [3.8, 4) is 0 Å². The second-order valence-corrected chi connectivity index (χ2v) is 5.17. The summed E-state index contributed by atoms with van der Waals surface area (Å²) in [7, 11) is 0. The van der Waals surface area contributed by atoms with E-state index < -0.39 is 11.4 Å². The summed E-state index contributed by atoms with van der Waals surface area (Å²) in [6.07, 6.45) is 0. The van der Waals surface area contributed by atoms with Gasteiger partial charge in [0.15, 0.2) is 0 Å². The summed E-state index contributed by atoms with van der Waals surface area (Å²) in [5, 5.41) is 2.60. The molecule has 2 amide bonds. The van der Waals surface area contributed by atoms with Crippen molar-refractivity contribution < 1.29 is 9.59 Å². The molecule has 1 rings (SSSR count). The van der Waals surface area contributed by atoms with Crippen molar-refractivity contribution in [2.45, 2.75) is 26.3 Å². The van der Waals surface area contributed by atoms with Crippen molar-refractivity contribution in [3.05, 3.63) is 33.8 Å². The molecule has 0 spiro atoms. The Morgan fingerprint density at radius 1 is 1.35 bits per heavy atom. The highest BCUT2D eigenvalue weighted by molar-refractivity contribution is 9.10. The second-order valence-electron chi connectivity index (χ2n) is 4.38. The molecule has 0 aliphatic rings. The first-order valence-corrected chi connectivity index (χ1v) is 5.92. The van der Waals surface area contributed by atoms with Crippen LogP contribution in [-0.2, 0) is 4.79 Å². The average Bonchev–Trinajstić information content (AvgIpc) is 2.21. The van der Waals surface area contributed by atoms with Crippen LogP contribution >= 0.6 is 15.9 Å². The van der Waals surface area contributed by atoms with Crippen molar-refractivity contribution in [1.82, 2.24) is 5.32 Å². The first kappa shape index (κ1) is 13.7. The molecular weight excluding hydrogens is 284 g/mol. The fourth-order valence-corrected chi connectivity index (χ4v) is 1.68. The van der Waals surface area contributed by atoms with Gasteiger partial charge in [-0.05, 0) is 48.3 Å². The molecule has 0 saturated carbocycles. The zero-order valence-corrected chi connectivity index (χ0v) is 11.6. The van der Waals surface area contributed by atoms with Crippen molar-refractivity contribution in [1.29, 1.82) is 0 Å². The Morgan fingerprint density at radius 2 is 1.94 bits per heavy atom. The molecule has 0 aromatic heterocycles. The van der Waals surface area contributed by atoms with Crippen LogP contribution in [0.1, 0.15) is 29.8 Å². The smallest absolute Gasteiger partial charge is 0.253 e. The monoisotopic (exact) mass is 298 g/mol. The van der Waals surface area contributed by atoms with Gasteiger partial charge in [0.1, 0.15) is 5.54 Å². The molecule has 1 aromatic rings. The van der Waals surface area contributed by atoms with Gasteiger partial charge in [-0.25, -0.2) is 0 Å². The van der Waals surface area contributed by atoms with E-state index in [9.17, 15) is 9.59 Å².